The molecule has 20 heavy (non-hydrogen) atoms. The molecule has 0 spiro atoms. The topological polar surface area (TPSA) is 89.9 Å². The molecule has 104 valence electrons. The highest BCUT2D eigenvalue weighted by Crippen LogP contribution is 2.12. The number of aliphatic carboxylic acids is 1. The number of ether oxygens (including phenoxy) is 2. The van der Waals surface area contributed by atoms with Crippen molar-refractivity contribution in [1.29, 1.82) is 0 Å². The normalized spacial score (nSPS) is 10.0. The van der Waals surface area contributed by atoms with E-state index in [4.69, 9.17) is 9.84 Å². The number of rotatable bonds is 6. The van der Waals surface area contributed by atoms with Gasteiger partial charge in [0, 0.05) is 0 Å². The molecule has 1 rings (SSSR count). The third-order valence-electron chi connectivity index (χ3n) is 2.12. The first-order chi connectivity index (χ1) is 9.56. The van der Waals surface area contributed by atoms with Gasteiger partial charge >= 0.3 is 17.9 Å². The van der Waals surface area contributed by atoms with E-state index in [2.05, 4.69) is 11.3 Å². The molecule has 1 aromatic rings. The van der Waals surface area contributed by atoms with Crippen LogP contribution >= 0.6 is 0 Å². The highest BCUT2D eigenvalue weighted by atomic mass is 16.5. The number of carboxylic acid groups (broad SMARTS) is 1. The van der Waals surface area contributed by atoms with E-state index in [1.165, 1.54) is 18.2 Å². The highest BCUT2D eigenvalue weighted by Gasteiger charge is 2.17. The third kappa shape index (κ3) is 4.41. The van der Waals surface area contributed by atoms with Crippen molar-refractivity contribution in [1.82, 2.24) is 0 Å². The van der Waals surface area contributed by atoms with E-state index < -0.39 is 17.9 Å². The highest BCUT2D eigenvalue weighted by molar-refractivity contribution is 6.03. The Morgan fingerprint density at radius 2 is 1.65 bits per heavy atom. The summed E-state index contributed by atoms with van der Waals surface area (Å²) in [6.45, 7) is 3.25. The predicted molar refractivity (Wildman–Crippen MR) is 68.9 cm³/mol. The molecule has 0 heterocycles. The largest absolute Gasteiger partial charge is 0.481 e. The van der Waals surface area contributed by atoms with E-state index in [1.54, 1.807) is 12.1 Å². The van der Waals surface area contributed by atoms with Crippen molar-refractivity contribution in [2.75, 3.05) is 0 Å². The zero-order valence-electron chi connectivity index (χ0n) is 10.4. The summed E-state index contributed by atoms with van der Waals surface area (Å²) in [7, 11) is 0. The van der Waals surface area contributed by atoms with Gasteiger partial charge in [0.2, 0.25) is 0 Å². The molecule has 1 N–H and O–H groups in total. The van der Waals surface area contributed by atoms with Gasteiger partial charge in [-0.05, 0) is 18.2 Å². The second kappa shape index (κ2) is 7.52. The van der Waals surface area contributed by atoms with E-state index in [9.17, 15) is 14.4 Å². The molecule has 6 nitrogen and oxygen atoms in total. The van der Waals surface area contributed by atoms with Gasteiger partial charge in [-0.1, -0.05) is 18.7 Å². The van der Waals surface area contributed by atoms with Crippen molar-refractivity contribution in [2.24, 2.45) is 0 Å². The lowest BCUT2D eigenvalue weighted by Crippen LogP contribution is -2.10. The molecule has 6 heteroatoms. The first kappa shape index (κ1) is 15.2. The van der Waals surface area contributed by atoms with Crippen LogP contribution in [0.15, 0.2) is 49.4 Å². The van der Waals surface area contributed by atoms with Crippen LogP contribution in [0.2, 0.25) is 0 Å². The van der Waals surface area contributed by atoms with Gasteiger partial charge in [0.15, 0.2) is 0 Å². The van der Waals surface area contributed by atoms with E-state index in [1.807, 2.05) is 0 Å². The Morgan fingerprint density at radius 1 is 1.10 bits per heavy atom. The van der Waals surface area contributed by atoms with Gasteiger partial charge in [-0.25, -0.2) is 9.59 Å². The van der Waals surface area contributed by atoms with Gasteiger partial charge in [-0.3, -0.25) is 4.79 Å². The second-order valence-corrected chi connectivity index (χ2v) is 3.49. The molecule has 0 fully saturated rings. The van der Waals surface area contributed by atoms with Crippen molar-refractivity contribution in [3.05, 3.63) is 60.6 Å². The maximum absolute atomic E-state index is 11.8. The first-order valence-electron chi connectivity index (χ1n) is 5.55. The molecular formula is C14H12O6. The lowest BCUT2D eigenvalue weighted by atomic mass is 10.1. The van der Waals surface area contributed by atoms with Crippen LogP contribution in [0, 0.1) is 0 Å². The third-order valence-corrected chi connectivity index (χ3v) is 2.12. The molecule has 0 saturated heterocycles. The number of carbonyl (C=O) groups excluding carboxylic acids is 2. The fourth-order valence-corrected chi connectivity index (χ4v) is 1.30. The molecule has 0 atom stereocenters. The lowest BCUT2D eigenvalue weighted by Gasteiger charge is -2.05. The second-order valence-electron chi connectivity index (χ2n) is 3.49. The number of hydrogen-bond donors (Lipinski definition) is 1. The smallest absolute Gasteiger partial charge is 0.343 e. The number of hydrogen-bond acceptors (Lipinski definition) is 5. The molecule has 0 bridgehead atoms. The SMILES string of the molecule is C=COC(=O)c1ccccc1C(=O)OC=CCC(=O)O. The van der Waals surface area contributed by atoms with Crippen LogP contribution in [0.5, 0.6) is 0 Å². The molecule has 0 saturated carbocycles. The van der Waals surface area contributed by atoms with Crippen LogP contribution in [0.1, 0.15) is 27.1 Å². The Bertz CT molecular complexity index is 559. The molecule has 1 aromatic carbocycles. The summed E-state index contributed by atoms with van der Waals surface area (Å²) in [5, 5.41) is 8.41. The molecule has 0 aliphatic carbocycles. The van der Waals surface area contributed by atoms with E-state index >= 15 is 0 Å². The fraction of sp³-hybridized carbons (Fsp3) is 0.0714. The van der Waals surface area contributed by atoms with Crippen LogP contribution in [-0.2, 0) is 14.3 Å². The maximum atomic E-state index is 11.8. The van der Waals surface area contributed by atoms with Crippen LogP contribution in [-0.4, -0.2) is 23.0 Å². The Kier molecular flexibility index (Phi) is 5.71. The minimum absolute atomic E-state index is 0.0133. The van der Waals surface area contributed by atoms with Crippen LogP contribution in [0.25, 0.3) is 0 Å². The van der Waals surface area contributed by atoms with Crippen molar-refractivity contribution in [3.8, 4) is 0 Å². The Hall–Kier alpha value is -2.89. The average Bonchev–Trinajstić information content (AvgIpc) is 2.43. The quantitative estimate of drug-likeness (QED) is 0.632. The minimum atomic E-state index is -1.05. The summed E-state index contributed by atoms with van der Waals surface area (Å²) < 4.78 is 9.33. The molecule has 0 unspecified atom stereocenters. The van der Waals surface area contributed by atoms with Gasteiger partial charge < -0.3 is 14.6 Å². The summed E-state index contributed by atoms with van der Waals surface area (Å²) in [4.78, 5) is 33.6. The standard InChI is InChI=1S/C14H12O6/c1-2-19-13(17)10-6-3-4-7-11(10)14(18)20-9-5-8-12(15)16/h2-7,9H,1,8H2,(H,15,16). The van der Waals surface area contributed by atoms with Gasteiger partial charge in [0.1, 0.15) is 0 Å². The minimum Gasteiger partial charge on any atom is -0.481 e. The molecular weight excluding hydrogens is 264 g/mol. The van der Waals surface area contributed by atoms with Gasteiger partial charge in [-0.15, -0.1) is 0 Å². The number of benzene rings is 1. The zero-order chi connectivity index (χ0) is 15.0. The van der Waals surface area contributed by atoms with Gasteiger partial charge in [-0.2, -0.15) is 0 Å². The van der Waals surface area contributed by atoms with E-state index in [0.29, 0.717) is 0 Å². The molecule has 0 amide bonds. The average molecular weight is 276 g/mol. The summed E-state index contributed by atoms with van der Waals surface area (Å²) in [5.74, 6) is -2.57. The molecule has 0 aromatic heterocycles. The Morgan fingerprint density at radius 3 is 2.15 bits per heavy atom. The Balaban J connectivity index is 2.82. The van der Waals surface area contributed by atoms with Crippen molar-refractivity contribution < 1.29 is 29.0 Å². The number of carboxylic acids is 1. The van der Waals surface area contributed by atoms with Crippen molar-refractivity contribution in [2.45, 2.75) is 6.42 Å². The molecule has 0 aliphatic heterocycles. The Labute approximate surface area is 114 Å². The first-order valence-corrected chi connectivity index (χ1v) is 5.55. The van der Waals surface area contributed by atoms with Crippen LogP contribution in [0.3, 0.4) is 0 Å². The fourth-order valence-electron chi connectivity index (χ4n) is 1.30. The monoisotopic (exact) mass is 276 g/mol. The maximum Gasteiger partial charge on any atom is 0.343 e. The number of carbonyl (C=O) groups is 3. The summed E-state index contributed by atoms with van der Waals surface area (Å²) in [6.07, 6.45) is 2.82. The van der Waals surface area contributed by atoms with E-state index in [0.717, 1.165) is 12.5 Å². The van der Waals surface area contributed by atoms with Crippen molar-refractivity contribution >= 4 is 17.9 Å². The zero-order valence-corrected chi connectivity index (χ0v) is 10.4. The molecule has 0 aliphatic rings. The van der Waals surface area contributed by atoms with Crippen LogP contribution < -0.4 is 0 Å². The van der Waals surface area contributed by atoms with E-state index in [-0.39, 0.29) is 17.5 Å². The summed E-state index contributed by atoms with van der Waals surface area (Å²) >= 11 is 0. The molecule has 0 radical (unpaired) electrons. The summed E-state index contributed by atoms with van der Waals surface area (Å²) in [5.41, 5.74) is 0.0448. The number of esters is 2. The predicted octanol–water partition coefficient (Wildman–Crippen LogP) is 2.13. The lowest BCUT2D eigenvalue weighted by molar-refractivity contribution is -0.136. The van der Waals surface area contributed by atoms with Crippen LogP contribution in [0.4, 0.5) is 0 Å². The van der Waals surface area contributed by atoms with Crippen molar-refractivity contribution in [3.63, 3.8) is 0 Å². The summed E-state index contributed by atoms with van der Waals surface area (Å²) in [6, 6.07) is 5.93. The van der Waals surface area contributed by atoms with Gasteiger partial charge in [0.25, 0.3) is 0 Å². The van der Waals surface area contributed by atoms with Gasteiger partial charge in [0.05, 0.1) is 30.1 Å².